The summed E-state index contributed by atoms with van der Waals surface area (Å²) in [6.07, 6.45) is 2.50. The highest BCUT2D eigenvalue weighted by molar-refractivity contribution is 5.74. The molecule has 3 aromatic heterocycles. The lowest BCUT2D eigenvalue weighted by atomic mass is 10.3. The molecular weight excluding hydrogens is 328 g/mol. The SMILES string of the molecule is COCCc1nc(Cn2cnc3ccccc32)n(-c2cccc(C)n2)n1. The molecule has 0 saturated carbocycles. The Morgan fingerprint density at radius 3 is 2.77 bits per heavy atom. The van der Waals surface area contributed by atoms with Gasteiger partial charge in [-0.05, 0) is 31.2 Å². The van der Waals surface area contributed by atoms with E-state index in [2.05, 4.69) is 25.7 Å². The van der Waals surface area contributed by atoms with Crippen LogP contribution in [0.3, 0.4) is 0 Å². The smallest absolute Gasteiger partial charge is 0.155 e. The Morgan fingerprint density at radius 1 is 1.04 bits per heavy atom. The van der Waals surface area contributed by atoms with Crippen LogP contribution in [-0.2, 0) is 17.7 Å². The van der Waals surface area contributed by atoms with Gasteiger partial charge in [-0.2, -0.15) is 4.68 Å². The van der Waals surface area contributed by atoms with Crippen molar-refractivity contribution < 1.29 is 4.74 Å². The molecule has 0 spiro atoms. The summed E-state index contributed by atoms with van der Waals surface area (Å²) in [5, 5.41) is 4.65. The highest BCUT2D eigenvalue weighted by Crippen LogP contribution is 2.15. The van der Waals surface area contributed by atoms with Crippen LogP contribution in [0.4, 0.5) is 0 Å². The number of aryl methyl sites for hydroxylation is 1. The predicted molar refractivity (Wildman–Crippen MR) is 98.3 cm³/mol. The van der Waals surface area contributed by atoms with Crippen molar-refractivity contribution in [3.8, 4) is 5.82 Å². The molecule has 0 bridgehead atoms. The van der Waals surface area contributed by atoms with Crippen LogP contribution in [0.25, 0.3) is 16.9 Å². The highest BCUT2D eigenvalue weighted by Gasteiger charge is 2.14. The fourth-order valence-corrected chi connectivity index (χ4v) is 2.91. The predicted octanol–water partition coefficient (Wildman–Crippen LogP) is 2.56. The van der Waals surface area contributed by atoms with Crippen LogP contribution in [0, 0.1) is 6.92 Å². The van der Waals surface area contributed by atoms with Gasteiger partial charge in [0.1, 0.15) is 0 Å². The molecule has 26 heavy (non-hydrogen) atoms. The van der Waals surface area contributed by atoms with E-state index in [1.807, 2.05) is 54.3 Å². The highest BCUT2D eigenvalue weighted by atomic mass is 16.5. The number of fused-ring (bicyclic) bond motifs is 1. The molecule has 0 aliphatic heterocycles. The average Bonchev–Trinajstić information content (AvgIpc) is 3.25. The number of para-hydroxylation sites is 2. The number of aromatic nitrogens is 6. The number of nitrogens with zero attached hydrogens (tertiary/aromatic N) is 6. The lowest BCUT2D eigenvalue weighted by molar-refractivity contribution is 0.200. The molecular formula is C19H20N6O. The summed E-state index contributed by atoms with van der Waals surface area (Å²) in [5.41, 5.74) is 2.97. The van der Waals surface area contributed by atoms with E-state index in [1.54, 1.807) is 7.11 Å². The second-order valence-electron chi connectivity index (χ2n) is 6.10. The zero-order valence-corrected chi connectivity index (χ0v) is 14.8. The van der Waals surface area contributed by atoms with Crippen LogP contribution in [0.1, 0.15) is 17.3 Å². The molecule has 0 aliphatic carbocycles. The van der Waals surface area contributed by atoms with Crippen LogP contribution in [0.2, 0.25) is 0 Å². The number of imidazole rings is 1. The maximum atomic E-state index is 5.16. The summed E-state index contributed by atoms with van der Waals surface area (Å²) in [7, 11) is 1.68. The van der Waals surface area contributed by atoms with Gasteiger partial charge < -0.3 is 9.30 Å². The largest absolute Gasteiger partial charge is 0.384 e. The summed E-state index contributed by atoms with van der Waals surface area (Å²) >= 11 is 0. The van der Waals surface area contributed by atoms with Gasteiger partial charge >= 0.3 is 0 Å². The minimum absolute atomic E-state index is 0.566. The first-order valence-electron chi connectivity index (χ1n) is 8.52. The third-order valence-corrected chi connectivity index (χ3v) is 4.18. The zero-order chi connectivity index (χ0) is 17.9. The molecule has 7 nitrogen and oxygen atoms in total. The maximum Gasteiger partial charge on any atom is 0.155 e. The fraction of sp³-hybridized carbons (Fsp3) is 0.263. The summed E-state index contributed by atoms with van der Waals surface area (Å²) in [6.45, 7) is 3.12. The third-order valence-electron chi connectivity index (χ3n) is 4.18. The number of hydrogen-bond donors (Lipinski definition) is 0. The molecule has 0 amide bonds. The van der Waals surface area contributed by atoms with Gasteiger partial charge in [0, 0.05) is 19.2 Å². The molecule has 3 heterocycles. The van der Waals surface area contributed by atoms with Crippen LogP contribution < -0.4 is 0 Å². The van der Waals surface area contributed by atoms with Gasteiger partial charge in [-0.3, -0.25) is 0 Å². The monoisotopic (exact) mass is 348 g/mol. The van der Waals surface area contributed by atoms with Crippen molar-refractivity contribution in [2.24, 2.45) is 0 Å². The lowest BCUT2D eigenvalue weighted by Crippen LogP contribution is -2.09. The molecule has 1 aromatic carbocycles. The molecule has 7 heteroatoms. The van der Waals surface area contributed by atoms with E-state index in [1.165, 1.54) is 0 Å². The quantitative estimate of drug-likeness (QED) is 0.535. The second kappa shape index (κ2) is 7.05. The standard InChI is InChI=1S/C19H20N6O/c1-14-6-5-9-18(21-14)25-19(22-17(23-25)10-11-26-2)12-24-13-20-15-7-3-4-8-16(15)24/h3-9,13H,10-12H2,1-2H3. The topological polar surface area (TPSA) is 70.7 Å². The average molecular weight is 348 g/mol. The number of rotatable bonds is 6. The lowest BCUT2D eigenvalue weighted by Gasteiger charge is -2.07. The number of benzene rings is 1. The number of methoxy groups -OCH3 is 1. The molecule has 0 fully saturated rings. The van der Waals surface area contributed by atoms with Gasteiger partial charge in [0.05, 0.1) is 30.5 Å². The van der Waals surface area contributed by atoms with Gasteiger partial charge in [0.2, 0.25) is 0 Å². The van der Waals surface area contributed by atoms with E-state index in [-0.39, 0.29) is 0 Å². The molecule has 0 saturated heterocycles. The van der Waals surface area contributed by atoms with Crippen LogP contribution in [-0.4, -0.2) is 43.0 Å². The first-order chi connectivity index (χ1) is 12.7. The van der Waals surface area contributed by atoms with Gasteiger partial charge in [-0.25, -0.2) is 15.0 Å². The summed E-state index contributed by atoms with van der Waals surface area (Å²) < 4.78 is 9.05. The minimum atomic E-state index is 0.566. The maximum absolute atomic E-state index is 5.16. The summed E-state index contributed by atoms with van der Waals surface area (Å²) in [6, 6.07) is 13.9. The van der Waals surface area contributed by atoms with E-state index in [0.29, 0.717) is 19.6 Å². The molecule has 0 N–H and O–H groups in total. The first kappa shape index (κ1) is 16.4. The van der Waals surface area contributed by atoms with E-state index in [4.69, 9.17) is 9.72 Å². The molecule has 132 valence electrons. The Kier molecular flexibility index (Phi) is 4.45. The molecule has 4 rings (SSSR count). The fourth-order valence-electron chi connectivity index (χ4n) is 2.91. The van der Waals surface area contributed by atoms with E-state index < -0.39 is 0 Å². The molecule has 0 atom stereocenters. The molecule has 0 radical (unpaired) electrons. The number of ether oxygens (including phenoxy) is 1. The number of pyridine rings is 1. The van der Waals surface area contributed by atoms with E-state index >= 15 is 0 Å². The summed E-state index contributed by atoms with van der Waals surface area (Å²) in [4.78, 5) is 13.8. The van der Waals surface area contributed by atoms with E-state index in [9.17, 15) is 0 Å². The minimum Gasteiger partial charge on any atom is -0.384 e. The van der Waals surface area contributed by atoms with E-state index in [0.717, 1.165) is 34.2 Å². The normalized spacial score (nSPS) is 11.3. The van der Waals surface area contributed by atoms with Crippen molar-refractivity contribution in [3.63, 3.8) is 0 Å². The van der Waals surface area contributed by atoms with Crippen molar-refractivity contribution >= 4 is 11.0 Å². The van der Waals surface area contributed by atoms with Crippen molar-refractivity contribution in [1.29, 1.82) is 0 Å². The second-order valence-corrected chi connectivity index (χ2v) is 6.10. The molecule has 0 aliphatic rings. The Bertz CT molecular complexity index is 1040. The van der Waals surface area contributed by atoms with Crippen LogP contribution in [0.5, 0.6) is 0 Å². The Balaban J connectivity index is 1.75. The first-order valence-corrected chi connectivity index (χ1v) is 8.52. The zero-order valence-electron chi connectivity index (χ0n) is 14.8. The Morgan fingerprint density at radius 2 is 1.92 bits per heavy atom. The van der Waals surface area contributed by atoms with Crippen LogP contribution in [0.15, 0.2) is 48.8 Å². The van der Waals surface area contributed by atoms with Crippen molar-refractivity contribution in [3.05, 3.63) is 66.1 Å². The Labute approximate surface area is 151 Å². The van der Waals surface area contributed by atoms with Crippen molar-refractivity contribution in [2.45, 2.75) is 19.9 Å². The summed E-state index contributed by atoms with van der Waals surface area (Å²) in [5.74, 6) is 2.33. The van der Waals surface area contributed by atoms with Gasteiger partial charge in [-0.15, -0.1) is 5.10 Å². The molecule has 4 aromatic rings. The van der Waals surface area contributed by atoms with Gasteiger partial charge in [-0.1, -0.05) is 18.2 Å². The van der Waals surface area contributed by atoms with Gasteiger partial charge in [0.15, 0.2) is 17.5 Å². The van der Waals surface area contributed by atoms with Crippen LogP contribution >= 0.6 is 0 Å². The third kappa shape index (κ3) is 3.21. The van der Waals surface area contributed by atoms with Gasteiger partial charge in [0.25, 0.3) is 0 Å². The number of hydrogen-bond acceptors (Lipinski definition) is 5. The Hall–Kier alpha value is -3.06. The van der Waals surface area contributed by atoms with Crippen molar-refractivity contribution in [1.82, 2.24) is 29.3 Å². The molecule has 0 unspecified atom stereocenters. The van der Waals surface area contributed by atoms with Crippen molar-refractivity contribution in [2.75, 3.05) is 13.7 Å².